The van der Waals surface area contributed by atoms with Gasteiger partial charge >= 0.3 is 6.09 Å². The summed E-state index contributed by atoms with van der Waals surface area (Å²) in [6, 6.07) is 14.8. The molecule has 1 N–H and O–H groups in total. The van der Waals surface area contributed by atoms with Crippen molar-refractivity contribution in [2.75, 3.05) is 4.90 Å². The fraction of sp³-hybridized carbons (Fsp3) is 0.261. The Morgan fingerprint density at radius 2 is 1.97 bits per heavy atom. The second-order valence-electron chi connectivity index (χ2n) is 7.20. The van der Waals surface area contributed by atoms with Crippen molar-refractivity contribution in [2.24, 2.45) is 10.9 Å². The Kier molecular flexibility index (Phi) is 6.45. The van der Waals surface area contributed by atoms with Gasteiger partial charge in [0.1, 0.15) is 12.5 Å². The molecule has 1 heterocycles. The molecule has 1 unspecified atom stereocenters. The molecule has 0 spiro atoms. The number of ether oxygens (including phenoxy) is 1. The van der Waals surface area contributed by atoms with E-state index in [9.17, 15) is 14.4 Å². The van der Waals surface area contributed by atoms with Gasteiger partial charge in [-0.05, 0) is 24.0 Å². The van der Waals surface area contributed by atoms with E-state index in [0.717, 1.165) is 22.9 Å². The van der Waals surface area contributed by atoms with Crippen molar-refractivity contribution in [1.29, 1.82) is 0 Å². The predicted molar refractivity (Wildman–Crippen MR) is 114 cm³/mol. The van der Waals surface area contributed by atoms with Gasteiger partial charge in [0.05, 0.1) is 11.9 Å². The Morgan fingerprint density at radius 3 is 2.63 bits per heavy atom. The first-order chi connectivity index (χ1) is 14.4. The SMILES string of the molecule is Cc1cccc2c1N(C=C=O)C(=O)C(NC(=O)OCc1ccccc1)N=C2C(C)C. The Labute approximate surface area is 175 Å². The van der Waals surface area contributed by atoms with Crippen LogP contribution in [0.5, 0.6) is 0 Å². The van der Waals surface area contributed by atoms with Crippen LogP contribution < -0.4 is 10.2 Å². The van der Waals surface area contributed by atoms with E-state index in [1.165, 1.54) is 4.90 Å². The van der Waals surface area contributed by atoms with Crippen molar-refractivity contribution in [3.8, 4) is 0 Å². The second kappa shape index (κ2) is 9.20. The summed E-state index contributed by atoms with van der Waals surface area (Å²) >= 11 is 0. The molecule has 1 atom stereocenters. The van der Waals surface area contributed by atoms with E-state index in [0.29, 0.717) is 11.4 Å². The summed E-state index contributed by atoms with van der Waals surface area (Å²) in [5.41, 5.74) is 3.55. The lowest BCUT2D eigenvalue weighted by molar-refractivity contribution is -0.119. The quantitative estimate of drug-likeness (QED) is 0.773. The molecule has 0 aromatic heterocycles. The van der Waals surface area contributed by atoms with Crippen molar-refractivity contribution < 1.29 is 19.1 Å². The van der Waals surface area contributed by atoms with E-state index in [4.69, 9.17) is 4.74 Å². The van der Waals surface area contributed by atoms with Gasteiger partial charge < -0.3 is 4.74 Å². The number of rotatable bonds is 5. The first kappa shape index (κ1) is 21.0. The molecule has 0 fully saturated rings. The van der Waals surface area contributed by atoms with Gasteiger partial charge in [0, 0.05) is 11.3 Å². The fourth-order valence-corrected chi connectivity index (χ4v) is 3.30. The smallest absolute Gasteiger partial charge is 0.409 e. The third kappa shape index (κ3) is 4.47. The number of anilines is 1. The maximum Gasteiger partial charge on any atom is 0.409 e. The van der Waals surface area contributed by atoms with Crippen molar-refractivity contribution in [1.82, 2.24) is 5.32 Å². The molecule has 154 valence electrons. The van der Waals surface area contributed by atoms with Gasteiger partial charge in [-0.15, -0.1) is 0 Å². The van der Waals surface area contributed by atoms with Crippen LogP contribution in [0.2, 0.25) is 0 Å². The summed E-state index contributed by atoms with van der Waals surface area (Å²) < 4.78 is 5.23. The number of benzodiazepines with no additional fused rings is 1. The van der Waals surface area contributed by atoms with Gasteiger partial charge in [0.15, 0.2) is 0 Å². The standard InChI is InChI=1S/C23H23N3O4/c1-15(2)19-18-11-7-8-16(3)20(18)26(12-13-27)22(28)21(24-19)25-23(29)30-14-17-9-5-4-6-10-17/h4-12,15,21H,14H2,1-3H3,(H,25,29). The average Bonchev–Trinajstić information content (AvgIpc) is 2.84. The minimum Gasteiger partial charge on any atom is -0.445 e. The lowest BCUT2D eigenvalue weighted by Crippen LogP contribution is -2.46. The number of fused-ring (bicyclic) bond motifs is 1. The first-order valence-electron chi connectivity index (χ1n) is 9.61. The number of carbonyl (C=O) groups is 2. The zero-order valence-corrected chi connectivity index (χ0v) is 17.1. The molecule has 0 radical (unpaired) electrons. The highest BCUT2D eigenvalue weighted by molar-refractivity contribution is 6.15. The van der Waals surface area contributed by atoms with Crippen LogP contribution in [-0.4, -0.2) is 29.8 Å². The minimum atomic E-state index is -1.23. The van der Waals surface area contributed by atoms with Crippen LogP contribution >= 0.6 is 0 Å². The topological polar surface area (TPSA) is 88.1 Å². The van der Waals surface area contributed by atoms with E-state index in [2.05, 4.69) is 10.3 Å². The van der Waals surface area contributed by atoms with E-state index < -0.39 is 18.2 Å². The molecule has 1 aliphatic rings. The summed E-state index contributed by atoms with van der Waals surface area (Å²) in [7, 11) is 0. The highest BCUT2D eigenvalue weighted by atomic mass is 16.5. The van der Waals surface area contributed by atoms with Crippen LogP contribution in [-0.2, 0) is 20.9 Å². The molecule has 30 heavy (non-hydrogen) atoms. The Balaban J connectivity index is 1.92. The van der Waals surface area contributed by atoms with Crippen molar-refractivity contribution >= 4 is 29.3 Å². The Hall–Kier alpha value is -3.70. The van der Waals surface area contributed by atoms with Crippen LogP contribution in [0.3, 0.4) is 0 Å². The predicted octanol–water partition coefficient (Wildman–Crippen LogP) is 3.38. The highest BCUT2D eigenvalue weighted by Gasteiger charge is 2.33. The maximum absolute atomic E-state index is 13.2. The molecule has 7 heteroatoms. The number of benzene rings is 2. The first-order valence-corrected chi connectivity index (χ1v) is 9.61. The number of hydrogen-bond donors (Lipinski definition) is 1. The Morgan fingerprint density at radius 1 is 1.23 bits per heavy atom. The van der Waals surface area contributed by atoms with E-state index in [1.807, 2.05) is 69.3 Å². The zero-order valence-electron chi connectivity index (χ0n) is 17.1. The summed E-state index contributed by atoms with van der Waals surface area (Å²) in [6.45, 7) is 5.81. The number of alkyl carbamates (subject to hydrolysis) is 1. The third-order valence-electron chi connectivity index (χ3n) is 4.69. The number of amides is 2. The largest absolute Gasteiger partial charge is 0.445 e. The normalized spacial score (nSPS) is 15.6. The lowest BCUT2D eigenvalue weighted by atomic mass is 9.96. The van der Waals surface area contributed by atoms with Crippen molar-refractivity contribution in [3.63, 3.8) is 0 Å². The molecule has 0 aliphatic carbocycles. The van der Waals surface area contributed by atoms with Crippen LogP contribution in [0.15, 0.2) is 59.7 Å². The lowest BCUT2D eigenvalue weighted by Gasteiger charge is -2.22. The molecule has 7 nitrogen and oxygen atoms in total. The van der Waals surface area contributed by atoms with E-state index in [-0.39, 0.29) is 12.5 Å². The molecule has 2 aromatic carbocycles. The fourth-order valence-electron chi connectivity index (χ4n) is 3.30. The molecule has 1 aliphatic heterocycles. The molecular formula is C23H23N3O4. The molecule has 0 bridgehead atoms. The summed E-state index contributed by atoms with van der Waals surface area (Å²) in [5.74, 6) is 1.07. The van der Waals surface area contributed by atoms with Gasteiger partial charge in [-0.25, -0.2) is 9.59 Å². The number of hydrogen-bond acceptors (Lipinski definition) is 5. The number of carbonyl (C=O) groups excluding carboxylic acids is 3. The summed E-state index contributed by atoms with van der Waals surface area (Å²) in [4.78, 5) is 42.4. The average molecular weight is 405 g/mol. The number of aryl methyl sites for hydroxylation is 1. The van der Waals surface area contributed by atoms with Gasteiger partial charge in [-0.1, -0.05) is 62.4 Å². The summed E-state index contributed by atoms with van der Waals surface area (Å²) in [6.07, 6.45) is -0.986. The van der Waals surface area contributed by atoms with Gasteiger partial charge in [0.25, 0.3) is 5.91 Å². The van der Waals surface area contributed by atoms with Crippen LogP contribution in [0, 0.1) is 12.8 Å². The van der Waals surface area contributed by atoms with E-state index in [1.54, 1.807) is 5.94 Å². The third-order valence-corrected chi connectivity index (χ3v) is 4.69. The molecule has 3 rings (SSSR count). The monoisotopic (exact) mass is 405 g/mol. The van der Waals surface area contributed by atoms with Gasteiger partial charge in [-0.3, -0.25) is 20.0 Å². The molecule has 0 saturated heterocycles. The second-order valence-corrected chi connectivity index (χ2v) is 7.20. The number of para-hydroxylation sites is 1. The number of nitrogens with zero attached hydrogens (tertiary/aromatic N) is 2. The van der Waals surface area contributed by atoms with Gasteiger partial charge in [-0.2, -0.15) is 0 Å². The molecule has 2 amide bonds. The van der Waals surface area contributed by atoms with E-state index >= 15 is 0 Å². The zero-order chi connectivity index (χ0) is 21.7. The highest BCUT2D eigenvalue weighted by Crippen LogP contribution is 2.31. The molecule has 2 aromatic rings. The van der Waals surface area contributed by atoms with Crippen molar-refractivity contribution in [2.45, 2.75) is 33.5 Å². The minimum absolute atomic E-state index is 0.0249. The summed E-state index contributed by atoms with van der Waals surface area (Å²) in [5, 5.41) is 2.52. The Bertz CT molecular complexity index is 1020. The van der Waals surface area contributed by atoms with Crippen LogP contribution in [0.4, 0.5) is 10.5 Å². The number of nitrogens with one attached hydrogen (secondary N) is 1. The maximum atomic E-state index is 13.2. The van der Waals surface area contributed by atoms with Crippen LogP contribution in [0.1, 0.15) is 30.5 Å². The van der Waals surface area contributed by atoms with Crippen LogP contribution in [0.25, 0.3) is 0 Å². The van der Waals surface area contributed by atoms with Gasteiger partial charge in [0.2, 0.25) is 6.17 Å². The number of aliphatic imine (C=N–C) groups is 1. The van der Waals surface area contributed by atoms with Crippen molar-refractivity contribution in [3.05, 3.63) is 71.4 Å². The molecular weight excluding hydrogens is 382 g/mol. The molecule has 0 saturated carbocycles.